The third-order valence-corrected chi connectivity index (χ3v) is 4.58. The van der Waals surface area contributed by atoms with Gasteiger partial charge in [-0.2, -0.15) is 0 Å². The fourth-order valence-corrected chi connectivity index (χ4v) is 2.93. The van der Waals surface area contributed by atoms with Crippen molar-refractivity contribution in [2.24, 2.45) is 5.14 Å². The fourth-order valence-electron chi connectivity index (χ4n) is 2.20. The van der Waals surface area contributed by atoms with E-state index in [1.165, 1.54) is 4.90 Å². The van der Waals surface area contributed by atoms with Crippen molar-refractivity contribution in [3.05, 3.63) is 29.8 Å². The number of nitrogens with zero attached hydrogens (tertiary/aromatic N) is 1. The number of hydrogen-bond donors (Lipinski definition) is 2. The SMILES string of the molecule is CCNC(=O)c1ccc(N2CC(S(N)(=O)=O)CC2=O)cc1. The summed E-state index contributed by atoms with van der Waals surface area (Å²) >= 11 is 0. The van der Waals surface area contributed by atoms with E-state index in [-0.39, 0.29) is 24.8 Å². The molecule has 1 unspecified atom stereocenters. The maximum atomic E-state index is 11.9. The number of nitrogens with one attached hydrogen (secondary N) is 1. The van der Waals surface area contributed by atoms with Crippen LogP contribution in [0, 0.1) is 0 Å². The summed E-state index contributed by atoms with van der Waals surface area (Å²) in [6.07, 6.45) is -0.114. The molecule has 1 saturated heterocycles. The van der Waals surface area contributed by atoms with Gasteiger partial charge in [-0.25, -0.2) is 13.6 Å². The zero-order valence-electron chi connectivity index (χ0n) is 11.6. The summed E-state index contributed by atoms with van der Waals surface area (Å²) in [5.41, 5.74) is 1.04. The monoisotopic (exact) mass is 311 g/mol. The van der Waals surface area contributed by atoms with E-state index in [4.69, 9.17) is 5.14 Å². The second-order valence-electron chi connectivity index (χ2n) is 4.83. The quantitative estimate of drug-likeness (QED) is 0.804. The molecule has 8 heteroatoms. The van der Waals surface area contributed by atoms with Gasteiger partial charge in [0.25, 0.3) is 5.91 Å². The molecule has 114 valence electrons. The molecule has 0 radical (unpaired) electrons. The van der Waals surface area contributed by atoms with Crippen LogP contribution < -0.4 is 15.4 Å². The minimum atomic E-state index is -3.73. The molecule has 1 heterocycles. The van der Waals surface area contributed by atoms with E-state index in [0.29, 0.717) is 17.8 Å². The first-order chi connectivity index (χ1) is 9.82. The number of carbonyl (C=O) groups is 2. The Morgan fingerprint density at radius 1 is 1.38 bits per heavy atom. The summed E-state index contributed by atoms with van der Waals surface area (Å²) in [5.74, 6) is -0.487. The molecule has 1 aromatic rings. The van der Waals surface area contributed by atoms with Crippen LogP contribution in [0.5, 0.6) is 0 Å². The fraction of sp³-hybridized carbons (Fsp3) is 0.385. The molecule has 0 bridgehead atoms. The van der Waals surface area contributed by atoms with Crippen molar-refractivity contribution < 1.29 is 18.0 Å². The number of rotatable bonds is 4. The Kier molecular flexibility index (Phi) is 4.29. The second-order valence-corrected chi connectivity index (χ2v) is 6.67. The number of amides is 2. The van der Waals surface area contributed by atoms with Crippen molar-refractivity contribution in [2.75, 3.05) is 18.0 Å². The first kappa shape index (κ1) is 15.5. The summed E-state index contributed by atoms with van der Waals surface area (Å²) in [6.45, 7) is 2.39. The van der Waals surface area contributed by atoms with Gasteiger partial charge >= 0.3 is 0 Å². The number of benzene rings is 1. The molecule has 1 fully saturated rings. The molecular formula is C13H17N3O4S. The largest absolute Gasteiger partial charge is 0.352 e. The minimum absolute atomic E-state index is 0.0399. The second kappa shape index (κ2) is 5.82. The summed E-state index contributed by atoms with van der Waals surface area (Å²) in [4.78, 5) is 24.9. The van der Waals surface area contributed by atoms with E-state index in [1.807, 2.05) is 6.92 Å². The van der Waals surface area contributed by atoms with Gasteiger partial charge in [0.05, 0.1) is 0 Å². The number of hydrogen-bond acceptors (Lipinski definition) is 4. The van der Waals surface area contributed by atoms with Crippen LogP contribution in [0.25, 0.3) is 0 Å². The molecule has 0 aromatic heterocycles. The summed E-state index contributed by atoms with van der Waals surface area (Å²) in [5, 5.41) is 6.87. The summed E-state index contributed by atoms with van der Waals surface area (Å²) < 4.78 is 22.6. The third kappa shape index (κ3) is 3.40. The van der Waals surface area contributed by atoms with E-state index in [2.05, 4.69) is 5.32 Å². The number of carbonyl (C=O) groups excluding carboxylic acids is 2. The smallest absolute Gasteiger partial charge is 0.251 e. The summed E-state index contributed by atoms with van der Waals surface area (Å²) in [7, 11) is -3.73. The standard InChI is InChI=1S/C13H17N3O4S/c1-2-15-13(18)9-3-5-10(6-4-9)16-8-11(7-12(16)17)21(14,19)20/h3-6,11H,2,7-8H2,1H3,(H,15,18)(H2,14,19,20). The highest BCUT2D eigenvalue weighted by Crippen LogP contribution is 2.24. The molecule has 2 amide bonds. The molecule has 0 saturated carbocycles. The van der Waals surface area contributed by atoms with Gasteiger partial charge in [0, 0.05) is 30.8 Å². The van der Waals surface area contributed by atoms with E-state index < -0.39 is 15.3 Å². The van der Waals surface area contributed by atoms with Gasteiger partial charge in [0.15, 0.2) is 0 Å². The molecule has 1 aromatic carbocycles. The lowest BCUT2D eigenvalue weighted by Crippen LogP contribution is -2.32. The van der Waals surface area contributed by atoms with Crippen LogP contribution in [0.2, 0.25) is 0 Å². The molecule has 7 nitrogen and oxygen atoms in total. The molecule has 0 spiro atoms. The molecule has 21 heavy (non-hydrogen) atoms. The van der Waals surface area contributed by atoms with Crippen LogP contribution in [0.1, 0.15) is 23.7 Å². The first-order valence-corrected chi connectivity index (χ1v) is 8.14. The lowest BCUT2D eigenvalue weighted by molar-refractivity contribution is -0.117. The van der Waals surface area contributed by atoms with Gasteiger partial charge in [0.1, 0.15) is 5.25 Å². The number of sulfonamides is 1. The normalized spacial score (nSPS) is 18.9. The number of anilines is 1. The Hall–Kier alpha value is -1.93. The lowest BCUT2D eigenvalue weighted by atomic mass is 10.2. The van der Waals surface area contributed by atoms with Gasteiger partial charge in [-0.3, -0.25) is 9.59 Å². The molecule has 2 rings (SSSR count). The van der Waals surface area contributed by atoms with Crippen molar-refractivity contribution in [3.63, 3.8) is 0 Å². The van der Waals surface area contributed by atoms with Gasteiger partial charge in [-0.1, -0.05) is 0 Å². The Balaban J connectivity index is 2.16. The van der Waals surface area contributed by atoms with Gasteiger partial charge in [0.2, 0.25) is 15.9 Å². The number of nitrogens with two attached hydrogens (primary N) is 1. The van der Waals surface area contributed by atoms with Gasteiger partial charge in [-0.15, -0.1) is 0 Å². The average Bonchev–Trinajstić information content (AvgIpc) is 2.81. The molecule has 0 aliphatic carbocycles. The first-order valence-electron chi connectivity index (χ1n) is 6.53. The zero-order chi connectivity index (χ0) is 15.6. The average molecular weight is 311 g/mol. The number of primary sulfonamides is 1. The van der Waals surface area contributed by atoms with E-state index >= 15 is 0 Å². The van der Waals surface area contributed by atoms with Crippen LogP contribution in [-0.4, -0.2) is 38.6 Å². The van der Waals surface area contributed by atoms with Crippen LogP contribution in [0.3, 0.4) is 0 Å². The Labute approximate surface area is 123 Å². The maximum absolute atomic E-state index is 11.9. The highest BCUT2D eigenvalue weighted by Gasteiger charge is 2.37. The van der Waals surface area contributed by atoms with Crippen molar-refractivity contribution in [1.29, 1.82) is 0 Å². The van der Waals surface area contributed by atoms with Crippen LogP contribution in [-0.2, 0) is 14.8 Å². The van der Waals surface area contributed by atoms with E-state index in [9.17, 15) is 18.0 Å². The predicted octanol–water partition coefficient (Wildman–Crippen LogP) is -0.170. The maximum Gasteiger partial charge on any atom is 0.251 e. The summed E-state index contributed by atoms with van der Waals surface area (Å²) in [6, 6.07) is 6.43. The third-order valence-electron chi connectivity index (χ3n) is 3.33. The van der Waals surface area contributed by atoms with Gasteiger partial charge < -0.3 is 10.2 Å². The molecule has 1 aliphatic heterocycles. The molecular weight excluding hydrogens is 294 g/mol. The lowest BCUT2D eigenvalue weighted by Gasteiger charge is -2.16. The predicted molar refractivity (Wildman–Crippen MR) is 78.3 cm³/mol. The molecule has 1 atom stereocenters. The molecule has 3 N–H and O–H groups in total. The zero-order valence-corrected chi connectivity index (χ0v) is 12.4. The van der Waals surface area contributed by atoms with Crippen LogP contribution >= 0.6 is 0 Å². The van der Waals surface area contributed by atoms with Crippen molar-refractivity contribution in [3.8, 4) is 0 Å². The van der Waals surface area contributed by atoms with E-state index in [0.717, 1.165) is 0 Å². The van der Waals surface area contributed by atoms with E-state index in [1.54, 1.807) is 24.3 Å². The molecule has 1 aliphatic rings. The van der Waals surface area contributed by atoms with Crippen LogP contribution in [0.15, 0.2) is 24.3 Å². The van der Waals surface area contributed by atoms with Crippen molar-refractivity contribution >= 4 is 27.5 Å². The van der Waals surface area contributed by atoms with Crippen LogP contribution in [0.4, 0.5) is 5.69 Å². The van der Waals surface area contributed by atoms with Crippen molar-refractivity contribution in [1.82, 2.24) is 5.32 Å². The Bertz CT molecular complexity index is 654. The Morgan fingerprint density at radius 3 is 2.48 bits per heavy atom. The highest BCUT2D eigenvalue weighted by molar-refractivity contribution is 7.89. The minimum Gasteiger partial charge on any atom is -0.352 e. The topological polar surface area (TPSA) is 110 Å². The van der Waals surface area contributed by atoms with Crippen molar-refractivity contribution in [2.45, 2.75) is 18.6 Å². The Morgan fingerprint density at radius 2 is 2.00 bits per heavy atom. The highest BCUT2D eigenvalue weighted by atomic mass is 32.2. The van der Waals surface area contributed by atoms with Gasteiger partial charge in [-0.05, 0) is 31.2 Å².